The maximum absolute atomic E-state index is 12.5. The minimum absolute atomic E-state index is 0.0317. The highest BCUT2D eigenvalue weighted by atomic mass is 16.5. The predicted octanol–water partition coefficient (Wildman–Crippen LogP) is 4.58. The van der Waals surface area contributed by atoms with Crippen molar-refractivity contribution < 1.29 is 14.1 Å². The lowest BCUT2D eigenvalue weighted by molar-refractivity contribution is -0.122. The second kappa shape index (κ2) is 11.3. The van der Waals surface area contributed by atoms with E-state index >= 15 is 0 Å². The van der Waals surface area contributed by atoms with Gasteiger partial charge in [-0.25, -0.2) is 0 Å². The van der Waals surface area contributed by atoms with Crippen molar-refractivity contribution in [2.24, 2.45) is 0 Å². The third-order valence-corrected chi connectivity index (χ3v) is 6.41. The van der Waals surface area contributed by atoms with Crippen LogP contribution in [0.4, 0.5) is 0 Å². The Labute approximate surface area is 201 Å². The van der Waals surface area contributed by atoms with Gasteiger partial charge in [0.2, 0.25) is 17.6 Å². The lowest BCUT2D eigenvalue weighted by Crippen LogP contribution is -2.44. The molecule has 180 valence electrons. The van der Waals surface area contributed by atoms with Crippen LogP contribution in [0.2, 0.25) is 0 Å². The van der Waals surface area contributed by atoms with Gasteiger partial charge in [0, 0.05) is 49.6 Å². The summed E-state index contributed by atoms with van der Waals surface area (Å²) in [6.07, 6.45) is 2.67. The lowest BCUT2D eigenvalue weighted by atomic mass is 10.0. The summed E-state index contributed by atoms with van der Waals surface area (Å²) >= 11 is 0. The highest BCUT2D eigenvalue weighted by Crippen LogP contribution is 2.22. The number of aryl methyl sites for hydroxylation is 1. The Morgan fingerprint density at radius 2 is 1.88 bits per heavy atom. The first-order chi connectivity index (χ1) is 16.5. The van der Waals surface area contributed by atoms with E-state index in [9.17, 15) is 4.79 Å². The van der Waals surface area contributed by atoms with Gasteiger partial charge in [0.25, 0.3) is 0 Å². The van der Waals surface area contributed by atoms with Gasteiger partial charge < -0.3 is 14.6 Å². The van der Waals surface area contributed by atoms with Gasteiger partial charge in [-0.2, -0.15) is 4.98 Å². The summed E-state index contributed by atoms with van der Waals surface area (Å²) in [6.45, 7) is 7.09. The van der Waals surface area contributed by atoms with Crippen LogP contribution in [-0.4, -0.2) is 47.2 Å². The molecule has 1 N–H and O–H groups in total. The lowest BCUT2D eigenvalue weighted by Gasteiger charge is -2.32. The van der Waals surface area contributed by atoms with Gasteiger partial charge in [-0.3, -0.25) is 9.69 Å². The Morgan fingerprint density at radius 1 is 1.15 bits per heavy atom. The zero-order valence-corrected chi connectivity index (χ0v) is 20.3. The summed E-state index contributed by atoms with van der Waals surface area (Å²) in [5.41, 5.74) is 3.39. The van der Waals surface area contributed by atoms with Crippen LogP contribution in [0.15, 0.2) is 53.1 Å². The van der Waals surface area contributed by atoms with E-state index < -0.39 is 0 Å². The van der Waals surface area contributed by atoms with Crippen molar-refractivity contribution in [1.29, 1.82) is 0 Å². The van der Waals surface area contributed by atoms with E-state index in [2.05, 4.69) is 52.4 Å². The van der Waals surface area contributed by atoms with Crippen LogP contribution in [0.3, 0.4) is 0 Å². The number of nitrogens with one attached hydrogen (secondary N) is 1. The molecule has 0 spiro atoms. The monoisotopic (exact) mass is 462 g/mol. The number of benzene rings is 2. The largest absolute Gasteiger partial charge is 0.496 e. The number of hydrogen-bond donors (Lipinski definition) is 1. The average molecular weight is 463 g/mol. The molecule has 2 heterocycles. The standard InChI is InChI=1S/C27H34N4O3/c1-19(2)20-8-10-21(11-9-20)27-29-26(34-30-27)13-12-25(32)28-23-14-16-31(17-15-23)18-22-6-4-5-7-24(22)33-3/h4-11,19,23H,12-18H2,1-3H3,(H,28,32). The first-order valence-electron chi connectivity index (χ1n) is 12.1. The molecule has 7 nitrogen and oxygen atoms in total. The maximum atomic E-state index is 12.5. The van der Waals surface area contributed by atoms with E-state index in [0.29, 0.717) is 30.5 Å². The van der Waals surface area contributed by atoms with Crippen LogP contribution < -0.4 is 10.1 Å². The van der Waals surface area contributed by atoms with Gasteiger partial charge in [-0.15, -0.1) is 0 Å². The van der Waals surface area contributed by atoms with Crippen molar-refractivity contribution in [3.05, 3.63) is 65.5 Å². The molecule has 1 aromatic heterocycles. The molecule has 4 rings (SSSR count). The number of aromatic nitrogens is 2. The Kier molecular flexibility index (Phi) is 7.95. The predicted molar refractivity (Wildman–Crippen MR) is 132 cm³/mol. The van der Waals surface area contributed by atoms with E-state index in [-0.39, 0.29) is 11.9 Å². The summed E-state index contributed by atoms with van der Waals surface area (Å²) in [6, 6.07) is 16.5. The first-order valence-corrected chi connectivity index (χ1v) is 12.1. The zero-order chi connectivity index (χ0) is 23.9. The number of para-hydroxylation sites is 1. The van der Waals surface area contributed by atoms with Crippen molar-refractivity contribution in [3.8, 4) is 17.1 Å². The molecule has 0 radical (unpaired) electrons. The molecule has 34 heavy (non-hydrogen) atoms. The number of hydrogen-bond acceptors (Lipinski definition) is 6. The number of carbonyl (C=O) groups excluding carboxylic acids is 1. The molecule has 1 saturated heterocycles. The molecule has 0 aliphatic carbocycles. The van der Waals surface area contributed by atoms with Crippen molar-refractivity contribution in [2.75, 3.05) is 20.2 Å². The number of likely N-dealkylation sites (tertiary alicyclic amines) is 1. The van der Waals surface area contributed by atoms with E-state index in [0.717, 1.165) is 43.8 Å². The summed E-state index contributed by atoms with van der Waals surface area (Å²) < 4.78 is 10.8. The zero-order valence-electron chi connectivity index (χ0n) is 20.3. The molecule has 0 unspecified atom stereocenters. The average Bonchev–Trinajstić information content (AvgIpc) is 3.33. The minimum Gasteiger partial charge on any atom is -0.496 e. The number of rotatable bonds is 9. The van der Waals surface area contributed by atoms with Gasteiger partial charge in [0.05, 0.1) is 7.11 Å². The summed E-state index contributed by atoms with van der Waals surface area (Å²) in [5.74, 6) is 2.49. The fourth-order valence-corrected chi connectivity index (χ4v) is 4.32. The van der Waals surface area contributed by atoms with Crippen LogP contribution in [0.1, 0.15) is 56.0 Å². The van der Waals surface area contributed by atoms with Gasteiger partial charge in [0.1, 0.15) is 5.75 Å². The summed E-state index contributed by atoms with van der Waals surface area (Å²) in [4.78, 5) is 19.4. The Morgan fingerprint density at radius 3 is 2.59 bits per heavy atom. The smallest absolute Gasteiger partial charge is 0.227 e. The van der Waals surface area contributed by atoms with Gasteiger partial charge in [-0.1, -0.05) is 61.5 Å². The van der Waals surface area contributed by atoms with E-state index in [1.807, 2.05) is 30.3 Å². The second-order valence-electron chi connectivity index (χ2n) is 9.22. The molecular weight excluding hydrogens is 428 g/mol. The fraction of sp³-hybridized carbons (Fsp3) is 0.444. The third-order valence-electron chi connectivity index (χ3n) is 6.41. The summed E-state index contributed by atoms with van der Waals surface area (Å²) in [5, 5.41) is 7.25. The minimum atomic E-state index is 0.0317. The fourth-order valence-electron chi connectivity index (χ4n) is 4.32. The van der Waals surface area contributed by atoms with Crippen molar-refractivity contribution in [3.63, 3.8) is 0 Å². The van der Waals surface area contributed by atoms with Crippen LogP contribution in [0.25, 0.3) is 11.4 Å². The van der Waals surface area contributed by atoms with Gasteiger partial charge >= 0.3 is 0 Å². The molecular formula is C27H34N4O3. The Bertz CT molecular complexity index is 1070. The number of piperidine rings is 1. The number of ether oxygens (including phenoxy) is 1. The quantitative estimate of drug-likeness (QED) is 0.501. The van der Waals surface area contributed by atoms with E-state index in [4.69, 9.17) is 9.26 Å². The summed E-state index contributed by atoms with van der Waals surface area (Å²) in [7, 11) is 1.71. The van der Waals surface area contributed by atoms with Crippen LogP contribution >= 0.6 is 0 Å². The molecule has 0 atom stereocenters. The molecule has 1 aliphatic rings. The van der Waals surface area contributed by atoms with Gasteiger partial charge in [-0.05, 0) is 30.4 Å². The molecule has 3 aromatic rings. The highest BCUT2D eigenvalue weighted by Gasteiger charge is 2.22. The molecule has 2 aromatic carbocycles. The molecule has 0 bridgehead atoms. The SMILES string of the molecule is COc1ccccc1CN1CCC(NC(=O)CCc2nc(-c3ccc(C(C)C)cc3)no2)CC1. The van der Waals surface area contributed by atoms with E-state index in [1.54, 1.807) is 7.11 Å². The number of methoxy groups -OCH3 is 1. The number of nitrogens with zero attached hydrogens (tertiary/aromatic N) is 3. The topological polar surface area (TPSA) is 80.5 Å². The second-order valence-corrected chi connectivity index (χ2v) is 9.22. The number of amides is 1. The highest BCUT2D eigenvalue weighted by molar-refractivity contribution is 5.76. The maximum Gasteiger partial charge on any atom is 0.227 e. The van der Waals surface area contributed by atoms with Crippen LogP contribution in [0.5, 0.6) is 5.75 Å². The molecule has 7 heteroatoms. The molecule has 1 amide bonds. The van der Waals surface area contributed by atoms with E-state index in [1.165, 1.54) is 11.1 Å². The van der Waals surface area contributed by atoms with Crippen molar-refractivity contribution in [2.45, 2.75) is 58.0 Å². The van der Waals surface area contributed by atoms with Gasteiger partial charge in [0.15, 0.2) is 0 Å². The Balaban J connectivity index is 1.20. The van der Waals surface area contributed by atoms with Crippen LogP contribution in [0, 0.1) is 0 Å². The van der Waals surface area contributed by atoms with Crippen molar-refractivity contribution >= 4 is 5.91 Å². The third kappa shape index (κ3) is 6.23. The van der Waals surface area contributed by atoms with Crippen molar-refractivity contribution in [1.82, 2.24) is 20.4 Å². The van der Waals surface area contributed by atoms with Crippen LogP contribution in [-0.2, 0) is 17.8 Å². The molecule has 1 aliphatic heterocycles. The number of carbonyl (C=O) groups is 1. The normalized spacial score (nSPS) is 14.9. The molecule has 0 saturated carbocycles. The molecule has 1 fully saturated rings. The first kappa shape index (κ1) is 24.0. The Hall–Kier alpha value is -3.19.